The minimum Gasteiger partial charge on any atom is -0.325 e. The van der Waals surface area contributed by atoms with Gasteiger partial charge in [0.25, 0.3) is 0 Å². The third-order valence-corrected chi connectivity index (χ3v) is 3.33. The molecule has 0 heterocycles. The summed E-state index contributed by atoms with van der Waals surface area (Å²) >= 11 is 0. The molecule has 2 nitrogen and oxygen atoms in total. The second-order valence-corrected chi connectivity index (χ2v) is 4.71. The molecule has 1 N–H and O–H groups in total. The first-order valence-corrected chi connectivity index (χ1v) is 6.67. The lowest BCUT2D eigenvalue weighted by molar-refractivity contribution is -0.119. The van der Waals surface area contributed by atoms with Crippen molar-refractivity contribution in [3.63, 3.8) is 0 Å². The molecule has 0 saturated heterocycles. The highest BCUT2D eigenvalue weighted by molar-refractivity contribution is 5.96. The maximum Gasteiger partial charge on any atom is 0.227 e. The van der Waals surface area contributed by atoms with Crippen molar-refractivity contribution in [1.82, 2.24) is 0 Å². The van der Waals surface area contributed by atoms with E-state index in [0.29, 0.717) is 0 Å². The number of para-hydroxylation sites is 1. The Balaban J connectivity index is 2.30. The average molecular weight is 253 g/mol. The van der Waals surface area contributed by atoms with Crippen LogP contribution in [0.3, 0.4) is 0 Å². The molecule has 0 aromatic heterocycles. The van der Waals surface area contributed by atoms with Gasteiger partial charge in [0.2, 0.25) is 5.91 Å². The Labute approximate surface area is 114 Å². The van der Waals surface area contributed by atoms with Crippen molar-refractivity contribution < 1.29 is 4.79 Å². The van der Waals surface area contributed by atoms with Crippen LogP contribution in [0.25, 0.3) is 11.1 Å². The average Bonchev–Trinajstić information content (AvgIpc) is 2.47. The molecule has 1 unspecified atom stereocenters. The normalized spacial score (nSPS) is 11.9. The maximum absolute atomic E-state index is 12.0. The first kappa shape index (κ1) is 13.3. The molecule has 1 atom stereocenters. The van der Waals surface area contributed by atoms with Gasteiger partial charge in [0.1, 0.15) is 0 Å². The van der Waals surface area contributed by atoms with Crippen LogP contribution >= 0.6 is 0 Å². The maximum atomic E-state index is 12.0. The summed E-state index contributed by atoms with van der Waals surface area (Å²) in [6.07, 6.45) is 0.847. The van der Waals surface area contributed by atoms with Crippen molar-refractivity contribution in [2.24, 2.45) is 5.92 Å². The zero-order valence-corrected chi connectivity index (χ0v) is 11.4. The van der Waals surface area contributed by atoms with Gasteiger partial charge in [-0.3, -0.25) is 4.79 Å². The van der Waals surface area contributed by atoms with Gasteiger partial charge in [-0.15, -0.1) is 0 Å². The van der Waals surface area contributed by atoms with Crippen LogP contribution in [0, 0.1) is 5.92 Å². The fourth-order valence-corrected chi connectivity index (χ4v) is 1.90. The minimum atomic E-state index is 0.0313. The number of hydrogen-bond acceptors (Lipinski definition) is 1. The molecule has 0 aliphatic heterocycles. The molecule has 19 heavy (non-hydrogen) atoms. The van der Waals surface area contributed by atoms with Crippen LogP contribution in [-0.2, 0) is 4.79 Å². The first-order valence-electron chi connectivity index (χ1n) is 6.67. The Morgan fingerprint density at radius 2 is 1.68 bits per heavy atom. The predicted molar refractivity (Wildman–Crippen MR) is 80.0 cm³/mol. The lowest BCUT2D eigenvalue weighted by Gasteiger charge is -2.14. The molecule has 2 aromatic rings. The van der Waals surface area contributed by atoms with E-state index in [1.807, 2.05) is 68.4 Å². The highest BCUT2D eigenvalue weighted by atomic mass is 16.1. The van der Waals surface area contributed by atoms with E-state index in [1.165, 1.54) is 0 Å². The van der Waals surface area contributed by atoms with Crippen molar-refractivity contribution in [2.45, 2.75) is 20.3 Å². The van der Waals surface area contributed by atoms with Crippen LogP contribution in [-0.4, -0.2) is 5.91 Å². The van der Waals surface area contributed by atoms with Gasteiger partial charge >= 0.3 is 0 Å². The number of nitrogens with one attached hydrogen (secondary N) is 1. The summed E-state index contributed by atoms with van der Waals surface area (Å²) in [4.78, 5) is 12.0. The van der Waals surface area contributed by atoms with Gasteiger partial charge in [-0.25, -0.2) is 0 Å². The van der Waals surface area contributed by atoms with E-state index in [0.717, 1.165) is 23.2 Å². The molecule has 2 heteroatoms. The number of carbonyl (C=O) groups is 1. The van der Waals surface area contributed by atoms with E-state index in [4.69, 9.17) is 0 Å². The molecule has 2 rings (SSSR count). The van der Waals surface area contributed by atoms with Crippen molar-refractivity contribution in [1.29, 1.82) is 0 Å². The summed E-state index contributed by atoms with van der Waals surface area (Å²) in [6, 6.07) is 18.0. The fourth-order valence-electron chi connectivity index (χ4n) is 1.90. The number of carbonyl (C=O) groups excluding carboxylic acids is 1. The molecule has 0 saturated carbocycles. The van der Waals surface area contributed by atoms with Gasteiger partial charge in [-0.05, 0) is 18.1 Å². The molecule has 0 aliphatic rings. The van der Waals surface area contributed by atoms with Gasteiger partial charge < -0.3 is 5.32 Å². The van der Waals surface area contributed by atoms with Gasteiger partial charge in [0.05, 0.1) is 0 Å². The second-order valence-electron chi connectivity index (χ2n) is 4.71. The highest BCUT2D eigenvalue weighted by Crippen LogP contribution is 2.27. The van der Waals surface area contributed by atoms with Crippen LogP contribution in [0.15, 0.2) is 54.6 Å². The van der Waals surface area contributed by atoms with Crippen LogP contribution < -0.4 is 5.32 Å². The number of anilines is 1. The first-order chi connectivity index (χ1) is 9.22. The van der Waals surface area contributed by atoms with Crippen LogP contribution in [0.5, 0.6) is 0 Å². The molecule has 0 bridgehead atoms. The van der Waals surface area contributed by atoms with Gasteiger partial charge in [0, 0.05) is 17.2 Å². The Morgan fingerprint density at radius 1 is 1.05 bits per heavy atom. The molecule has 2 aromatic carbocycles. The fraction of sp³-hybridized carbons (Fsp3) is 0.235. The molecule has 1 amide bonds. The Morgan fingerprint density at radius 3 is 2.37 bits per heavy atom. The SMILES string of the molecule is CCC(C)C(=O)Nc1ccccc1-c1ccccc1. The second kappa shape index (κ2) is 6.19. The van der Waals surface area contributed by atoms with Crippen LogP contribution in [0.1, 0.15) is 20.3 Å². The quantitative estimate of drug-likeness (QED) is 0.863. The standard InChI is InChI=1S/C17H19NO/c1-3-13(2)17(19)18-16-12-8-7-11-15(16)14-9-5-4-6-10-14/h4-13H,3H2,1-2H3,(H,18,19). The van der Waals surface area contributed by atoms with Crippen molar-refractivity contribution in [2.75, 3.05) is 5.32 Å². The van der Waals surface area contributed by atoms with E-state index >= 15 is 0 Å². The largest absolute Gasteiger partial charge is 0.325 e. The smallest absolute Gasteiger partial charge is 0.227 e. The van der Waals surface area contributed by atoms with Crippen LogP contribution in [0.4, 0.5) is 5.69 Å². The third-order valence-electron chi connectivity index (χ3n) is 3.33. The predicted octanol–water partition coefficient (Wildman–Crippen LogP) is 4.34. The Kier molecular flexibility index (Phi) is 4.35. The molecule has 98 valence electrons. The number of amides is 1. The van der Waals surface area contributed by atoms with E-state index in [1.54, 1.807) is 0 Å². The molecular weight excluding hydrogens is 234 g/mol. The molecule has 0 fully saturated rings. The molecule has 0 spiro atoms. The number of rotatable bonds is 4. The summed E-state index contributed by atoms with van der Waals surface area (Å²) in [5.74, 6) is 0.106. The van der Waals surface area contributed by atoms with E-state index in [-0.39, 0.29) is 11.8 Å². The topological polar surface area (TPSA) is 29.1 Å². The van der Waals surface area contributed by atoms with E-state index in [9.17, 15) is 4.79 Å². The zero-order valence-electron chi connectivity index (χ0n) is 11.4. The lowest BCUT2D eigenvalue weighted by Crippen LogP contribution is -2.20. The van der Waals surface area contributed by atoms with Gasteiger partial charge in [-0.1, -0.05) is 62.4 Å². The summed E-state index contributed by atoms with van der Waals surface area (Å²) in [7, 11) is 0. The van der Waals surface area contributed by atoms with Crippen LogP contribution in [0.2, 0.25) is 0 Å². The minimum absolute atomic E-state index is 0.0313. The van der Waals surface area contributed by atoms with Crippen molar-refractivity contribution in [3.05, 3.63) is 54.6 Å². The van der Waals surface area contributed by atoms with Gasteiger partial charge in [0.15, 0.2) is 0 Å². The lowest BCUT2D eigenvalue weighted by atomic mass is 10.0. The summed E-state index contributed by atoms with van der Waals surface area (Å²) < 4.78 is 0. The summed E-state index contributed by atoms with van der Waals surface area (Å²) in [6.45, 7) is 3.97. The third kappa shape index (κ3) is 3.22. The van der Waals surface area contributed by atoms with Crippen molar-refractivity contribution in [3.8, 4) is 11.1 Å². The monoisotopic (exact) mass is 253 g/mol. The molecule has 0 radical (unpaired) electrons. The number of benzene rings is 2. The Bertz CT molecular complexity index is 548. The number of hydrogen-bond donors (Lipinski definition) is 1. The molecule has 0 aliphatic carbocycles. The molecular formula is C17H19NO. The Hall–Kier alpha value is -2.09. The van der Waals surface area contributed by atoms with Crippen molar-refractivity contribution >= 4 is 11.6 Å². The van der Waals surface area contributed by atoms with E-state index in [2.05, 4.69) is 5.32 Å². The summed E-state index contributed by atoms with van der Waals surface area (Å²) in [5.41, 5.74) is 3.04. The summed E-state index contributed by atoms with van der Waals surface area (Å²) in [5, 5.41) is 3.02. The van der Waals surface area contributed by atoms with Gasteiger partial charge in [-0.2, -0.15) is 0 Å². The zero-order chi connectivity index (χ0) is 13.7. The highest BCUT2D eigenvalue weighted by Gasteiger charge is 2.12. The van der Waals surface area contributed by atoms with E-state index < -0.39 is 0 Å².